The van der Waals surface area contributed by atoms with Crippen molar-refractivity contribution in [3.05, 3.63) is 16.1 Å². The van der Waals surface area contributed by atoms with Gasteiger partial charge in [0.2, 0.25) is 0 Å². The van der Waals surface area contributed by atoms with Crippen molar-refractivity contribution in [3.8, 4) is 6.07 Å². The van der Waals surface area contributed by atoms with E-state index >= 15 is 0 Å². The van der Waals surface area contributed by atoms with E-state index in [2.05, 4.69) is 16.4 Å². The molecule has 0 radical (unpaired) electrons. The zero-order valence-corrected chi connectivity index (χ0v) is 7.60. The van der Waals surface area contributed by atoms with Gasteiger partial charge in [0.05, 0.1) is 16.8 Å². The zero-order chi connectivity index (χ0) is 8.39. The fourth-order valence-electron chi connectivity index (χ4n) is 1.14. The van der Waals surface area contributed by atoms with E-state index in [0.717, 1.165) is 18.0 Å². The number of rotatable bonds is 3. The summed E-state index contributed by atoms with van der Waals surface area (Å²) < 4.78 is 0. The Morgan fingerprint density at radius 2 is 2.50 bits per heavy atom. The Kier molecular flexibility index (Phi) is 2.09. The molecule has 0 N–H and O–H groups in total. The van der Waals surface area contributed by atoms with Crippen molar-refractivity contribution >= 4 is 11.3 Å². The van der Waals surface area contributed by atoms with E-state index in [9.17, 15) is 0 Å². The molecule has 0 aromatic carbocycles. The predicted octanol–water partition coefficient (Wildman–Crippen LogP) is 2.48. The van der Waals surface area contributed by atoms with Gasteiger partial charge in [0.1, 0.15) is 0 Å². The minimum absolute atomic E-state index is 0.591. The van der Waals surface area contributed by atoms with E-state index in [4.69, 9.17) is 5.26 Å². The molecule has 1 aromatic rings. The van der Waals surface area contributed by atoms with E-state index in [-0.39, 0.29) is 0 Å². The van der Waals surface area contributed by atoms with Crippen LogP contribution < -0.4 is 0 Å². The van der Waals surface area contributed by atoms with Crippen LogP contribution in [0.15, 0.2) is 5.38 Å². The fraction of sp³-hybridized carbons (Fsp3) is 0.556. The molecule has 12 heavy (non-hydrogen) atoms. The maximum absolute atomic E-state index is 8.38. The number of nitrogens with zero attached hydrogens (tertiary/aromatic N) is 2. The minimum atomic E-state index is 0.591. The Morgan fingerprint density at radius 3 is 3.17 bits per heavy atom. The molecule has 0 saturated heterocycles. The highest BCUT2D eigenvalue weighted by molar-refractivity contribution is 7.09. The molecule has 0 aliphatic heterocycles. The standard InChI is InChI=1S/C9H10N2S/c10-5-1-2-8-6-12-9(11-8)7-3-4-7/h6-7H,1-4H2. The summed E-state index contributed by atoms with van der Waals surface area (Å²) in [6, 6.07) is 2.13. The van der Waals surface area contributed by atoms with Crippen molar-refractivity contribution in [2.45, 2.75) is 31.6 Å². The van der Waals surface area contributed by atoms with E-state index < -0.39 is 0 Å². The first-order valence-corrected chi connectivity index (χ1v) is 5.09. The van der Waals surface area contributed by atoms with Gasteiger partial charge in [-0.3, -0.25) is 0 Å². The minimum Gasteiger partial charge on any atom is -0.246 e. The average Bonchev–Trinajstić information content (AvgIpc) is 2.83. The number of aryl methyl sites for hydroxylation is 1. The topological polar surface area (TPSA) is 36.7 Å². The SMILES string of the molecule is N#CCCc1csc(C2CC2)n1. The predicted molar refractivity (Wildman–Crippen MR) is 48.0 cm³/mol. The summed E-state index contributed by atoms with van der Waals surface area (Å²) in [6.45, 7) is 0. The van der Waals surface area contributed by atoms with Gasteiger partial charge in [-0.1, -0.05) is 0 Å². The molecule has 0 atom stereocenters. The lowest BCUT2D eigenvalue weighted by Gasteiger charge is -1.87. The van der Waals surface area contributed by atoms with Crippen molar-refractivity contribution < 1.29 is 0 Å². The number of thiazole rings is 1. The molecule has 2 rings (SSSR count). The van der Waals surface area contributed by atoms with Gasteiger partial charge < -0.3 is 0 Å². The third-order valence-corrected chi connectivity index (χ3v) is 3.05. The van der Waals surface area contributed by atoms with Gasteiger partial charge in [-0.05, 0) is 12.8 Å². The number of aromatic nitrogens is 1. The summed E-state index contributed by atoms with van der Waals surface area (Å²) in [7, 11) is 0. The van der Waals surface area contributed by atoms with Crippen molar-refractivity contribution in [2.24, 2.45) is 0 Å². The zero-order valence-electron chi connectivity index (χ0n) is 6.79. The van der Waals surface area contributed by atoms with E-state index in [0.29, 0.717) is 6.42 Å². The monoisotopic (exact) mass is 178 g/mol. The molecule has 1 aliphatic rings. The Labute approximate surface area is 75.9 Å². The van der Waals surface area contributed by atoms with Crippen molar-refractivity contribution in [1.29, 1.82) is 5.26 Å². The van der Waals surface area contributed by atoms with Crippen LogP contribution in [0.3, 0.4) is 0 Å². The molecule has 3 heteroatoms. The Hall–Kier alpha value is -0.880. The first-order chi connectivity index (χ1) is 5.90. The lowest BCUT2D eigenvalue weighted by Crippen LogP contribution is -1.84. The molecule has 62 valence electrons. The quantitative estimate of drug-likeness (QED) is 0.713. The third-order valence-electron chi connectivity index (χ3n) is 1.99. The summed E-state index contributed by atoms with van der Waals surface area (Å²) in [4.78, 5) is 4.48. The molecule has 1 saturated carbocycles. The summed E-state index contributed by atoms with van der Waals surface area (Å²) in [5.41, 5.74) is 1.10. The van der Waals surface area contributed by atoms with Crippen LogP contribution in [0, 0.1) is 11.3 Å². The van der Waals surface area contributed by atoms with Crippen LogP contribution in [0.25, 0.3) is 0 Å². The summed E-state index contributed by atoms with van der Waals surface area (Å²) in [5.74, 6) is 0.755. The number of hydrogen-bond acceptors (Lipinski definition) is 3. The molecule has 0 spiro atoms. The van der Waals surface area contributed by atoms with E-state index in [1.165, 1.54) is 17.8 Å². The third kappa shape index (κ3) is 1.64. The first kappa shape index (κ1) is 7.75. The molecular formula is C9H10N2S. The van der Waals surface area contributed by atoms with Gasteiger partial charge in [0.15, 0.2) is 0 Å². The summed E-state index contributed by atoms with van der Waals surface area (Å²) in [6.07, 6.45) is 4.03. The van der Waals surface area contributed by atoms with Crippen molar-refractivity contribution in [2.75, 3.05) is 0 Å². The number of nitriles is 1. The second-order valence-corrected chi connectivity index (χ2v) is 4.00. The molecule has 1 aliphatic carbocycles. The molecule has 0 bridgehead atoms. The lowest BCUT2D eigenvalue weighted by atomic mass is 10.3. The van der Waals surface area contributed by atoms with Gasteiger partial charge in [0.25, 0.3) is 0 Å². The maximum atomic E-state index is 8.38. The van der Waals surface area contributed by atoms with E-state index in [1.54, 1.807) is 11.3 Å². The molecule has 1 aromatic heterocycles. The van der Waals surface area contributed by atoms with Crippen LogP contribution in [0.5, 0.6) is 0 Å². The van der Waals surface area contributed by atoms with Gasteiger partial charge in [0, 0.05) is 24.1 Å². The normalized spacial score (nSPS) is 15.9. The van der Waals surface area contributed by atoms with Crippen LogP contribution >= 0.6 is 11.3 Å². The average molecular weight is 178 g/mol. The smallest absolute Gasteiger partial charge is 0.0959 e. The molecular weight excluding hydrogens is 168 g/mol. The van der Waals surface area contributed by atoms with Gasteiger partial charge in [-0.15, -0.1) is 11.3 Å². The van der Waals surface area contributed by atoms with Crippen molar-refractivity contribution in [3.63, 3.8) is 0 Å². The van der Waals surface area contributed by atoms with E-state index in [1.807, 2.05) is 0 Å². The fourth-order valence-corrected chi connectivity index (χ4v) is 2.16. The van der Waals surface area contributed by atoms with Crippen LogP contribution in [0.2, 0.25) is 0 Å². The Bertz CT molecular complexity index is 307. The molecule has 0 amide bonds. The second-order valence-electron chi connectivity index (χ2n) is 3.11. The highest BCUT2D eigenvalue weighted by Crippen LogP contribution is 2.41. The summed E-state index contributed by atoms with van der Waals surface area (Å²) >= 11 is 1.75. The van der Waals surface area contributed by atoms with Gasteiger partial charge in [-0.25, -0.2) is 4.98 Å². The Balaban J connectivity index is 1.99. The highest BCUT2D eigenvalue weighted by atomic mass is 32.1. The molecule has 0 unspecified atom stereocenters. The van der Waals surface area contributed by atoms with Crippen LogP contribution in [0.4, 0.5) is 0 Å². The maximum Gasteiger partial charge on any atom is 0.0959 e. The van der Waals surface area contributed by atoms with Crippen molar-refractivity contribution in [1.82, 2.24) is 4.98 Å². The van der Waals surface area contributed by atoms with Gasteiger partial charge >= 0.3 is 0 Å². The second kappa shape index (κ2) is 3.24. The highest BCUT2D eigenvalue weighted by Gasteiger charge is 2.26. The Morgan fingerprint density at radius 1 is 1.67 bits per heavy atom. The molecule has 1 fully saturated rings. The van der Waals surface area contributed by atoms with Crippen LogP contribution in [0.1, 0.15) is 35.9 Å². The largest absolute Gasteiger partial charge is 0.246 e. The van der Waals surface area contributed by atoms with Crippen LogP contribution in [-0.2, 0) is 6.42 Å². The molecule has 2 nitrogen and oxygen atoms in total. The summed E-state index contributed by atoms with van der Waals surface area (Å²) in [5, 5.41) is 11.8. The van der Waals surface area contributed by atoms with Gasteiger partial charge in [-0.2, -0.15) is 5.26 Å². The number of hydrogen-bond donors (Lipinski definition) is 0. The first-order valence-electron chi connectivity index (χ1n) is 4.21. The van der Waals surface area contributed by atoms with Crippen LogP contribution in [-0.4, -0.2) is 4.98 Å². The lowest BCUT2D eigenvalue weighted by molar-refractivity contribution is 0.940. The molecule has 1 heterocycles.